The van der Waals surface area contributed by atoms with E-state index < -0.39 is 4.92 Å². The van der Waals surface area contributed by atoms with Crippen molar-refractivity contribution in [1.29, 1.82) is 0 Å². The SMILES string of the molecule is C=CCn1c(SCC(=O)Nc2c(C)cccc2[N+](=O)[O-])nnc1-c1ccccc1. The molecule has 1 heterocycles. The lowest BCUT2D eigenvalue weighted by atomic mass is 10.1. The van der Waals surface area contributed by atoms with Gasteiger partial charge in [0.25, 0.3) is 5.69 Å². The van der Waals surface area contributed by atoms with E-state index in [4.69, 9.17) is 0 Å². The third kappa shape index (κ3) is 4.69. The zero-order valence-corrected chi connectivity index (χ0v) is 16.6. The molecule has 3 aromatic rings. The van der Waals surface area contributed by atoms with Crippen molar-refractivity contribution in [2.45, 2.75) is 18.6 Å². The molecule has 3 rings (SSSR count). The first-order chi connectivity index (χ1) is 14.0. The minimum atomic E-state index is -0.511. The maximum Gasteiger partial charge on any atom is 0.293 e. The van der Waals surface area contributed by atoms with Gasteiger partial charge in [0.2, 0.25) is 5.91 Å². The van der Waals surface area contributed by atoms with Crippen LogP contribution in [0.3, 0.4) is 0 Å². The van der Waals surface area contributed by atoms with Gasteiger partial charge in [0.15, 0.2) is 11.0 Å². The Morgan fingerprint density at radius 3 is 2.69 bits per heavy atom. The number of allylic oxidation sites excluding steroid dienone is 1. The highest BCUT2D eigenvalue weighted by molar-refractivity contribution is 7.99. The number of amides is 1. The number of anilines is 1. The largest absolute Gasteiger partial charge is 0.319 e. The molecule has 0 aliphatic heterocycles. The molecule has 0 atom stereocenters. The number of aromatic nitrogens is 3. The molecule has 0 radical (unpaired) electrons. The first-order valence-corrected chi connectivity index (χ1v) is 9.76. The topological polar surface area (TPSA) is 103 Å². The zero-order valence-electron chi connectivity index (χ0n) is 15.7. The molecular weight excluding hydrogens is 390 g/mol. The number of thioether (sulfide) groups is 1. The Hall–Kier alpha value is -3.46. The third-order valence-electron chi connectivity index (χ3n) is 4.10. The average molecular weight is 409 g/mol. The van der Waals surface area contributed by atoms with Gasteiger partial charge >= 0.3 is 0 Å². The van der Waals surface area contributed by atoms with E-state index in [0.29, 0.717) is 23.1 Å². The molecule has 2 aromatic carbocycles. The molecule has 0 aliphatic rings. The molecule has 8 nitrogen and oxygen atoms in total. The highest BCUT2D eigenvalue weighted by Gasteiger charge is 2.19. The molecule has 1 N–H and O–H groups in total. The van der Waals surface area contributed by atoms with Gasteiger partial charge in [0, 0.05) is 18.2 Å². The number of carbonyl (C=O) groups is 1. The molecule has 1 amide bonds. The summed E-state index contributed by atoms with van der Waals surface area (Å²) in [6.45, 7) is 5.97. The van der Waals surface area contributed by atoms with Gasteiger partial charge in [-0.1, -0.05) is 60.3 Å². The Labute approximate surface area is 171 Å². The van der Waals surface area contributed by atoms with E-state index in [1.54, 1.807) is 25.1 Å². The van der Waals surface area contributed by atoms with E-state index in [1.165, 1.54) is 17.8 Å². The Kier molecular flexibility index (Phi) is 6.40. The summed E-state index contributed by atoms with van der Waals surface area (Å²) in [5.41, 5.74) is 1.61. The van der Waals surface area contributed by atoms with E-state index in [9.17, 15) is 14.9 Å². The number of aryl methyl sites for hydroxylation is 1. The van der Waals surface area contributed by atoms with Crippen molar-refractivity contribution in [2.24, 2.45) is 0 Å². The maximum absolute atomic E-state index is 12.4. The van der Waals surface area contributed by atoms with Crippen molar-refractivity contribution in [1.82, 2.24) is 14.8 Å². The number of nitro benzene ring substituents is 1. The fraction of sp³-hybridized carbons (Fsp3) is 0.150. The molecule has 0 fully saturated rings. The molecular formula is C20H19N5O3S. The minimum absolute atomic E-state index is 0.0373. The monoisotopic (exact) mass is 409 g/mol. The molecule has 148 valence electrons. The van der Waals surface area contributed by atoms with Crippen LogP contribution in [0.5, 0.6) is 0 Å². The van der Waals surface area contributed by atoms with Crippen LogP contribution >= 0.6 is 11.8 Å². The summed E-state index contributed by atoms with van der Waals surface area (Å²) in [5.74, 6) is 0.361. The molecule has 0 bridgehead atoms. The van der Waals surface area contributed by atoms with Gasteiger partial charge in [-0.05, 0) is 12.5 Å². The Morgan fingerprint density at radius 2 is 2.00 bits per heavy atom. The number of nitro groups is 1. The number of rotatable bonds is 8. The number of carbonyl (C=O) groups excluding carboxylic acids is 1. The van der Waals surface area contributed by atoms with Crippen LogP contribution in [0.4, 0.5) is 11.4 Å². The maximum atomic E-state index is 12.4. The summed E-state index contributed by atoms with van der Waals surface area (Å²) < 4.78 is 1.87. The number of hydrogen-bond donors (Lipinski definition) is 1. The molecule has 1 aromatic heterocycles. The van der Waals surface area contributed by atoms with Crippen molar-refractivity contribution in [2.75, 3.05) is 11.1 Å². The van der Waals surface area contributed by atoms with E-state index in [1.807, 2.05) is 34.9 Å². The van der Waals surface area contributed by atoms with Crippen LogP contribution < -0.4 is 5.32 Å². The standard InChI is InChI=1S/C20H19N5O3S/c1-3-12-24-19(15-9-5-4-6-10-15)22-23-20(24)29-13-17(26)21-18-14(2)8-7-11-16(18)25(27)28/h3-11H,1,12-13H2,2H3,(H,21,26). The summed E-state index contributed by atoms with van der Waals surface area (Å²) in [6.07, 6.45) is 1.73. The second-order valence-electron chi connectivity index (χ2n) is 6.13. The van der Waals surface area contributed by atoms with Crippen LogP contribution in [-0.2, 0) is 11.3 Å². The Bertz CT molecular complexity index is 1050. The van der Waals surface area contributed by atoms with Gasteiger partial charge in [-0.15, -0.1) is 16.8 Å². The van der Waals surface area contributed by atoms with Gasteiger partial charge in [-0.3, -0.25) is 19.5 Å². The Morgan fingerprint density at radius 1 is 1.24 bits per heavy atom. The minimum Gasteiger partial charge on any atom is -0.319 e. The summed E-state index contributed by atoms with van der Waals surface area (Å²) in [6, 6.07) is 14.3. The van der Waals surface area contributed by atoms with Crippen LogP contribution in [0.1, 0.15) is 5.56 Å². The second-order valence-corrected chi connectivity index (χ2v) is 7.08. The highest BCUT2D eigenvalue weighted by Crippen LogP contribution is 2.28. The predicted molar refractivity (Wildman–Crippen MR) is 113 cm³/mol. The van der Waals surface area contributed by atoms with Crippen LogP contribution in [-0.4, -0.2) is 31.3 Å². The first-order valence-electron chi connectivity index (χ1n) is 8.77. The van der Waals surface area contributed by atoms with E-state index >= 15 is 0 Å². The van der Waals surface area contributed by atoms with E-state index in [0.717, 1.165) is 5.56 Å². The van der Waals surface area contributed by atoms with Crippen LogP contribution in [0.2, 0.25) is 0 Å². The lowest BCUT2D eigenvalue weighted by molar-refractivity contribution is -0.384. The molecule has 0 saturated heterocycles. The Balaban J connectivity index is 1.75. The normalized spacial score (nSPS) is 10.5. The van der Waals surface area contributed by atoms with Crippen molar-refractivity contribution >= 4 is 29.0 Å². The smallest absolute Gasteiger partial charge is 0.293 e. The summed E-state index contributed by atoms with van der Waals surface area (Å²) >= 11 is 1.21. The molecule has 0 unspecified atom stereocenters. The summed E-state index contributed by atoms with van der Waals surface area (Å²) in [4.78, 5) is 23.1. The molecule has 29 heavy (non-hydrogen) atoms. The van der Waals surface area contributed by atoms with Crippen LogP contribution in [0.25, 0.3) is 11.4 Å². The van der Waals surface area contributed by atoms with Crippen molar-refractivity contribution in [3.05, 3.63) is 76.9 Å². The second kappa shape index (κ2) is 9.16. The first kappa shape index (κ1) is 20.3. The number of para-hydroxylation sites is 1. The molecule has 0 saturated carbocycles. The zero-order chi connectivity index (χ0) is 20.8. The average Bonchev–Trinajstić information content (AvgIpc) is 3.11. The van der Waals surface area contributed by atoms with Gasteiger partial charge in [0.05, 0.1) is 10.7 Å². The van der Waals surface area contributed by atoms with Crippen molar-refractivity contribution in [3.8, 4) is 11.4 Å². The van der Waals surface area contributed by atoms with Crippen LogP contribution in [0, 0.1) is 17.0 Å². The van der Waals surface area contributed by atoms with Gasteiger partial charge in [0.1, 0.15) is 5.69 Å². The van der Waals surface area contributed by atoms with Gasteiger partial charge in [-0.2, -0.15) is 0 Å². The van der Waals surface area contributed by atoms with Gasteiger partial charge < -0.3 is 5.32 Å². The summed E-state index contributed by atoms with van der Waals surface area (Å²) in [5, 5.41) is 22.9. The van der Waals surface area contributed by atoms with Crippen LogP contribution in [0.15, 0.2) is 66.3 Å². The quantitative estimate of drug-likeness (QED) is 0.260. The number of nitrogens with one attached hydrogen (secondary N) is 1. The highest BCUT2D eigenvalue weighted by atomic mass is 32.2. The van der Waals surface area contributed by atoms with E-state index in [2.05, 4.69) is 22.1 Å². The lowest BCUT2D eigenvalue weighted by Gasteiger charge is -2.10. The van der Waals surface area contributed by atoms with Crippen molar-refractivity contribution in [3.63, 3.8) is 0 Å². The van der Waals surface area contributed by atoms with Gasteiger partial charge in [-0.25, -0.2) is 0 Å². The lowest BCUT2D eigenvalue weighted by Crippen LogP contribution is -2.16. The predicted octanol–water partition coefficient (Wildman–Crippen LogP) is 4.08. The number of hydrogen-bond acceptors (Lipinski definition) is 6. The fourth-order valence-electron chi connectivity index (χ4n) is 2.76. The number of benzene rings is 2. The van der Waals surface area contributed by atoms with E-state index in [-0.39, 0.29) is 23.0 Å². The number of nitrogens with zero attached hydrogens (tertiary/aromatic N) is 4. The summed E-state index contributed by atoms with van der Waals surface area (Å²) in [7, 11) is 0. The molecule has 0 aliphatic carbocycles. The van der Waals surface area contributed by atoms with Crippen molar-refractivity contribution < 1.29 is 9.72 Å². The fourth-order valence-corrected chi connectivity index (χ4v) is 3.51. The third-order valence-corrected chi connectivity index (χ3v) is 5.07. The molecule has 9 heteroatoms. The molecule has 0 spiro atoms.